The number of carbonyl (C=O) groups excluding carboxylic acids is 2. The molecule has 0 unspecified atom stereocenters. The topological polar surface area (TPSA) is 49.4 Å². The molecule has 2 rings (SSSR count). The van der Waals surface area contributed by atoms with Crippen LogP contribution in [-0.2, 0) is 22.6 Å². The molecule has 0 spiro atoms. The Morgan fingerprint density at radius 1 is 1.03 bits per heavy atom. The molecule has 0 aromatic heterocycles. The summed E-state index contributed by atoms with van der Waals surface area (Å²) >= 11 is 3.48. The van der Waals surface area contributed by atoms with Crippen LogP contribution in [0.15, 0.2) is 46.9 Å². The van der Waals surface area contributed by atoms with E-state index in [1.54, 1.807) is 11.8 Å². The molecular formula is C24H31BrN2O2. The van der Waals surface area contributed by atoms with E-state index in [0.717, 1.165) is 33.1 Å². The molecule has 0 bridgehead atoms. The number of rotatable bonds is 8. The Labute approximate surface area is 182 Å². The molecule has 0 aliphatic heterocycles. The van der Waals surface area contributed by atoms with Crippen LogP contribution in [0.1, 0.15) is 49.4 Å². The monoisotopic (exact) mass is 458 g/mol. The summed E-state index contributed by atoms with van der Waals surface area (Å²) in [6.45, 7) is 10.2. The molecule has 1 N–H and O–H groups in total. The molecule has 4 nitrogen and oxygen atoms in total. The highest BCUT2D eigenvalue weighted by molar-refractivity contribution is 9.10. The molecule has 2 aromatic rings. The van der Waals surface area contributed by atoms with Gasteiger partial charge in [0.05, 0.1) is 6.42 Å². The molecule has 0 aliphatic rings. The normalized spacial score (nSPS) is 12.9. The van der Waals surface area contributed by atoms with Crippen LogP contribution in [-0.4, -0.2) is 28.8 Å². The molecule has 2 atom stereocenters. The van der Waals surface area contributed by atoms with Crippen molar-refractivity contribution in [1.82, 2.24) is 10.2 Å². The molecule has 29 heavy (non-hydrogen) atoms. The van der Waals surface area contributed by atoms with Gasteiger partial charge in [-0.3, -0.25) is 9.59 Å². The highest BCUT2D eigenvalue weighted by Gasteiger charge is 2.27. The van der Waals surface area contributed by atoms with Gasteiger partial charge in [-0.2, -0.15) is 0 Å². The molecule has 0 aliphatic carbocycles. The summed E-state index contributed by atoms with van der Waals surface area (Å²) in [5.74, 6) is -0.176. The summed E-state index contributed by atoms with van der Waals surface area (Å²) < 4.78 is 0.952. The summed E-state index contributed by atoms with van der Waals surface area (Å²) in [6.07, 6.45) is 1.12. The first-order valence-corrected chi connectivity index (χ1v) is 10.9. The Kier molecular flexibility index (Phi) is 8.45. The summed E-state index contributed by atoms with van der Waals surface area (Å²) in [4.78, 5) is 27.7. The van der Waals surface area contributed by atoms with Crippen LogP contribution in [0.25, 0.3) is 0 Å². The van der Waals surface area contributed by atoms with Crippen molar-refractivity contribution in [3.8, 4) is 0 Å². The number of amides is 2. The second-order valence-electron chi connectivity index (χ2n) is 7.82. The van der Waals surface area contributed by atoms with Gasteiger partial charge in [0.15, 0.2) is 0 Å². The number of benzene rings is 2. The third-order valence-electron chi connectivity index (χ3n) is 5.05. The zero-order valence-electron chi connectivity index (χ0n) is 18.0. The molecule has 0 fully saturated rings. The first kappa shape index (κ1) is 23.1. The van der Waals surface area contributed by atoms with Crippen LogP contribution in [0.5, 0.6) is 0 Å². The first-order valence-electron chi connectivity index (χ1n) is 10.1. The van der Waals surface area contributed by atoms with Gasteiger partial charge < -0.3 is 10.2 Å². The van der Waals surface area contributed by atoms with Crippen molar-refractivity contribution in [1.29, 1.82) is 0 Å². The smallest absolute Gasteiger partial charge is 0.242 e. The van der Waals surface area contributed by atoms with Crippen molar-refractivity contribution in [2.45, 2.75) is 66.1 Å². The van der Waals surface area contributed by atoms with Crippen molar-refractivity contribution >= 4 is 27.7 Å². The number of aryl methyl sites for hydroxylation is 2. The highest BCUT2D eigenvalue weighted by atomic mass is 79.9. The third kappa shape index (κ3) is 7.00. The van der Waals surface area contributed by atoms with Gasteiger partial charge in [-0.05, 0) is 57.4 Å². The fraction of sp³-hybridized carbons (Fsp3) is 0.417. The second kappa shape index (κ2) is 10.6. The van der Waals surface area contributed by atoms with Crippen LogP contribution < -0.4 is 5.32 Å². The van der Waals surface area contributed by atoms with Crippen molar-refractivity contribution in [2.24, 2.45) is 0 Å². The predicted molar refractivity (Wildman–Crippen MR) is 122 cm³/mol. The van der Waals surface area contributed by atoms with Crippen LogP contribution in [0.2, 0.25) is 0 Å². The van der Waals surface area contributed by atoms with E-state index in [4.69, 9.17) is 0 Å². The number of hydrogen-bond acceptors (Lipinski definition) is 2. The minimum atomic E-state index is -0.554. The van der Waals surface area contributed by atoms with E-state index < -0.39 is 6.04 Å². The molecular weight excluding hydrogens is 428 g/mol. The molecule has 0 heterocycles. The zero-order valence-corrected chi connectivity index (χ0v) is 19.5. The van der Waals surface area contributed by atoms with Gasteiger partial charge in [0, 0.05) is 17.1 Å². The molecule has 5 heteroatoms. The van der Waals surface area contributed by atoms with Crippen molar-refractivity contribution < 1.29 is 9.59 Å². The quantitative estimate of drug-likeness (QED) is 0.608. The summed E-state index contributed by atoms with van der Waals surface area (Å²) in [6, 6.07) is 13.5. The lowest BCUT2D eigenvalue weighted by atomic mass is 10.0. The zero-order chi connectivity index (χ0) is 21.6. The van der Waals surface area contributed by atoms with Crippen molar-refractivity contribution in [3.05, 3.63) is 69.2 Å². The molecule has 2 amide bonds. The Balaban J connectivity index is 2.26. The van der Waals surface area contributed by atoms with E-state index in [-0.39, 0.29) is 24.3 Å². The van der Waals surface area contributed by atoms with E-state index in [0.29, 0.717) is 6.54 Å². The molecule has 0 radical (unpaired) electrons. The van der Waals surface area contributed by atoms with Crippen LogP contribution in [0, 0.1) is 13.8 Å². The molecule has 2 aromatic carbocycles. The van der Waals surface area contributed by atoms with E-state index >= 15 is 0 Å². The standard InChI is InChI=1S/C24H31BrN2O2/c1-6-18(4)26-24(29)19(5)27(15-20-8-7-9-22(25)13-20)23(28)14-21-11-16(2)10-17(3)12-21/h7-13,18-19H,6,14-15H2,1-5H3,(H,26,29)/t18-,19-/m0/s1. The third-order valence-corrected chi connectivity index (χ3v) is 5.54. The maximum Gasteiger partial charge on any atom is 0.242 e. The first-order chi connectivity index (χ1) is 13.7. The predicted octanol–water partition coefficient (Wildman–Crippen LogP) is 4.94. The maximum absolute atomic E-state index is 13.3. The van der Waals surface area contributed by atoms with Crippen LogP contribution >= 0.6 is 15.9 Å². The molecule has 156 valence electrons. The van der Waals surface area contributed by atoms with E-state index in [1.807, 2.05) is 64.1 Å². The van der Waals surface area contributed by atoms with Gasteiger partial charge in [0.1, 0.15) is 6.04 Å². The number of carbonyl (C=O) groups is 2. The minimum Gasteiger partial charge on any atom is -0.352 e. The summed E-state index contributed by atoms with van der Waals surface area (Å²) in [7, 11) is 0. The lowest BCUT2D eigenvalue weighted by Crippen LogP contribution is -2.49. The van der Waals surface area contributed by atoms with Gasteiger partial charge in [-0.15, -0.1) is 0 Å². The van der Waals surface area contributed by atoms with Crippen molar-refractivity contribution in [2.75, 3.05) is 0 Å². The van der Waals surface area contributed by atoms with E-state index in [9.17, 15) is 9.59 Å². The van der Waals surface area contributed by atoms with Gasteiger partial charge in [0.2, 0.25) is 11.8 Å². The number of halogens is 1. The van der Waals surface area contributed by atoms with E-state index in [2.05, 4.69) is 27.3 Å². The number of nitrogens with zero attached hydrogens (tertiary/aromatic N) is 1. The lowest BCUT2D eigenvalue weighted by Gasteiger charge is -2.30. The Morgan fingerprint density at radius 2 is 1.69 bits per heavy atom. The highest BCUT2D eigenvalue weighted by Crippen LogP contribution is 2.17. The van der Waals surface area contributed by atoms with Crippen LogP contribution in [0.3, 0.4) is 0 Å². The summed E-state index contributed by atoms with van der Waals surface area (Å²) in [5, 5.41) is 3.00. The SMILES string of the molecule is CC[C@H](C)NC(=O)[C@H](C)N(Cc1cccc(Br)c1)C(=O)Cc1cc(C)cc(C)c1. The number of hydrogen-bond donors (Lipinski definition) is 1. The largest absolute Gasteiger partial charge is 0.352 e. The number of nitrogens with one attached hydrogen (secondary N) is 1. The Bertz CT molecular complexity index is 845. The summed E-state index contributed by atoms with van der Waals surface area (Å²) in [5.41, 5.74) is 4.22. The fourth-order valence-corrected chi connectivity index (χ4v) is 3.77. The lowest BCUT2D eigenvalue weighted by molar-refractivity contribution is -0.140. The van der Waals surface area contributed by atoms with E-state index in [1.165, 1.54) is 0 Å². The van der Waals surface area contributed by atoms with Crippen LogP contribution in [0.4, 0.5) is 0 Å². The Hall–Kier alpha value is -2.14. The maximum atomic E-state index is 13.3. The second-order valence-corrected chi connectivity index (χ2v) is 8.73. The Morgan fingerprint density at radius 3 is 2.28 bits per heavy atom. The molecule has 0 saturated carbocycles. The van der Waals surface area contributed by atoms with Gasteiger partial charge in [-0.25, -0.2) is 0 Å². The minimum absolute atomic E-state index is 0.0539. The van der Waals surface area contributed by atoms with Gasteiger partial charge in [-0.1, -0.05) is 64.3 Å². The van der Waals surface area contributed by atoms with Crippen molar-refractivity contribution in [3.63, 3.8) is 0 Å². The van der Waals surface area contributed by atoms with Gasteiger partial charge in [0.25, 0.3) is 0 Å². The average molecular weight is 459 g/mol. The fourth-order valence-electron chi connectivity index (χ4n) is 3.33. The molecule has 0 saturated heterocycles. The van der Waals surface area contributed by atoms with Gasteiger partial charge >= 0.3 is 0 Å². The average Bonchev–Trinajstić information content (AvgIpc) is 2.64.